The minimum Gasteiger partial charge on any atom is -0.395 e. The highest BCUT2D eigenvalue weighted by atomic mass is 16.3. The third-order valence-corrected chi connectivity index (χ3v) is 2.76. The van der Waals surface area contributed by atoms with Crippen molar-refractivity contribution in [3.63, 3.8) is 0 Å². The van der Waals surface area contributed by atoms with Gasteiger partial charge in [-0.25, -0.2) is 0 Å². The quantitative estimate of drug-likeness (QED) is 0.643. The lowest BCUT2D eigenvalue weighted by atomic mass is 10.0. The van der Waals surface area contributed by atoms with E-state index in [1.54, 1.807) is 0 Å². The van der Waals surface area contributed by atoms with Crippen LogP contribution in [0.25, 0.3) is 0 Å². The molecule has 2 unspecified atom stereocenters. The third kappa shape index (κ3) is 2.08. The summed E-state index contributed by atoms with van der Waals surface area (Å²) in [5.74, 6) is 0.653. The van der Waals surface area contributed by atoms with E-state index in [2.05, 4.69) is 24.0 Å². The Bertz CT molecular complexity index is 156. The van der Waals surface area contributed by atoms with Gasteiger partial charge in [0.05, 0.1) is 6.61 Å². The van der Waals surface area contributed by atoms with Gasteiger partial charge in [0, 0.05) is 12.6 Å². The summed E-state index contributed by atoms with van der Waals surface area (Å²) in [6, 6.07) is 0.390. The maximum absolute atomic E-state index is 9.14. The zero-order valence-electron chi connectivity index (χ0n) is 8.03. The summed E-state index contributed by atoms with van der Waals surface area (Å²) in [7, 11) is 0. The first-order valence-electron chi connectivity index (χ1n) is 4.75. The molecule has 0 aromatic heterocycles. The van der Waals surface area contributed by atoms with Gasteiger partial charge in [-0.1, -0.05) is 19.1 Å². The largest absolute Gasteiger partial charge is 0.395 e. The molecule has 1 heterocycles. The number of aliphatic hydroxyl groups is 1. The fourth-order valence-electron chi connectivity index (χ4n) is 1.85. The van der Waals surface area contributed by atoms with Crippen molar-refractivity contribution in [2.75, 3.05) is 19.7 Å². The first-order chi connectivity index (χ1) is 5.79. The second-order valence-electron chi connectivity index (χ2n) is 3.58. The Kier molecular flexibility index (Phi) is 3.76. The SMILES string of the molecule is C/C=C/CN1CCC(C)C1CO. The van der Waals surface area contributed by atoms with E-state index in [1.807, 2.05) is 6.92 Å². The van der Waals surface area contributed by atoms with Crippen LogP contribution in [0, 0.1) is 5.92 Å². The molecule has 0 radical (unpaired) electrons. The summed E-state index contributed by atoms with van der Waals surface area (Å²) < 4.78 is 0. The van der Waals surface area contributed by atoms with E-state index >= 15 is 0 Å². The number of nitrogens with zero attached hydrogens (tertiary/aromatic N) is 1. The van der Waals surface area contributed by atoms with Crippen molar-refractivity contribution in [2.45, 2.75) is 26.3 Å². The van der Waals surface area contributed by atoms with Crippen LogP contribution in [0.1, 0.15) is 20.3 Å². The Hall–Kier alpha value is -0.340. The van der Waals surface area contributed by atoms with Gasteiger partial charge in [-0.2, -0.15) is 0 Å². The predicted molar refractivity (Wildman–Crippen MR) is 51.0 cm³/mol. The van der Waals surface area contributed by atoms with Crippen molar-refractivity contribution in [1.82, 2.24) is 4.90 Å². The number of rotatable bonds is 3. The van der Waals surface area contributed by atoms with Gasteiger partial charge in [-0.3, -0.25) is 4.90 Å². The van der Waals surface area contributed by atoms with Crippen LogP contribution in [0.3, 0.4) is 0 Å². The number of hydrogen-bond donors (Lipinski definition) is 1. The minimum atomic E-state index is 0.304. The van der Waals surface area contributed by atoms with Gasteiger partial charge in [0.25, 0.3) is 0 Å². The molecule has 0 spiro atoms. The lowest BCUT2D eigenvalue weighted by molar-refractivity contribution is 0.149. The Morgan fingerprint density at radius 2 is 2.33 bits per heavy atom. The molecular formula is C10H19NO. The molecule has 1 aliphatic heterocycles. The van der Waals surface area contributed by atoms with Crippen molar-refractivity contribution < 1.29 is 5.11 Å². The molecule has 2 atom stereocenters. The Morgan fingerprint density at radius 3 is 2.92 bits per heavy atom. The van der Waals surface area contributed by atoms with Gasteiger partial charge in [0.2, 0.25) is 0 Å². The molecule has 0 aromatic carbocycles. The molecule has 2 nitrogen and oxygen atoms in total. The molecule has 1 N–H and O–H groups in total. The summed E-state index contributed by atoms with van der Waals surface area (Å²) >= 11 is 0. The second kappa shape index (κ2) is 4.63. The standard InChI is InChI=1S/C10H19NO/c1-3-4-6-11-7-5-9(2)10(11)8-12/h3-4,9-10,12H,5-8H2,1-2H3/b4-3+. The average molecular weight is 169 g/mol. The lowest BCUT2D eigenvalue weighted by Crippen LogP contribution is -2.35. The molecule has 1 fully saturated rings. The van der Waals surface area contributed by atoms with E-state index in [0.29, 0.717) is 18.6 Å². The van der Waals surface area contributed by atoms with E-state index in [0.717, 1.165) is 13.1 Å². The minimum absolute atomic E-state index is 0.304. The highest BCUT2D eigenvalue weighted by molar-refractivity contribution is 4.90. The van der Waals surface area contributed by atoms with Crippen LogP contribution in [-0.2, 0) is 0 Å². The third-order valence-electron chi connectivity index (χ3n) is 2.76. The van der Waals surface area contributed by atoms with Crippen LogP contribution < -0.4 is 0 Å². The molecule has 0 aliphatic carbocycles. The lowest BCUT2D eigenvalue weighted by Gasteiger charge is -2.23. The summed E-state index contributed by atoms with van der Waals surface area (Å²) in [5, 5.41) is 9.14. The van der Waals surface area contributed by atoms with Gasteiger partial charge in [0.1, 0.15) is 0 Å². The van der Waals surface area contributed by atoms with Crippen LogP contribution in [0.4, 0.5) is 0 Å². The normalized spacial score (nSPS) is 31.9. The Morgan fingerprint density at radius 1 is 1.58 bits per heavy atom. The van der Waals surface area contributed by atoms with Crippen LogP contribution in [0.15, 0.2) is 12.2 Å². The molecule has 1 rings (SSSR count). The number of allylic oxidation sites excluding steroid dienone is 1. The fourth-order valence-corrected chi connectivity index (χ4v) is 1.85. The van der Waals surface area contributed by atoms with Gasteiger partial charge >= 0.3 is 0 Å². The van der Waals surface area contributed by atoms with E-state index in [-0.39, 0.29) is 0 Å². The topological polar surface area (TPSA) is 23.5 Å². The molecule has 70 valence electrons. The Balaban J connectivity index is 2.42. The number of hydrogen-bond acceptors (Lipinski definition) is 2. The molecule has 0 bridgehead atoms. The zero-order valence-corrected chi connectivity index (χ0v) is 8.03. The van der Waals surface area contributed by atoms with E-state index < -0.39 is 0 Å². The highest BCUT2D eigenvalue weighted by Crippen LogP contribution is 2.22. The van der Waals surface area contributed by atoms with Crippen molar-refractivity contribution in [2.24, 2.45) is 5.92 Å². The summed E-state index contributed by atoms with van der Waals surface area (Å²) in [4.78, 5) is 2.35. The van der Waals surface area contributed by atoms with Crippen molar-refractivity contribution >= 4 is 0 Å². The van der Waals surface area contributed by atoms with Gasteiger partial charge in [0.15, 0.2) is 0 Å². The van der Waals surface area contributed by atoms with Gasteiger partial charge in [-0.05, 0) is 25.8 Å². The smallest absolute Gasteiger partial charge is 0.0589 e. The van der Waals surface area contributed by atoms with Crippen LogP contribution in [0.5, 0.6) is 0 Å². The number of aliphatic hydroxyl groups excluding tert-OH is 1. The van der Waals surface area contributed by atoms with Crippen LogP contribution in [0.2, 0.25) is 0 Å². The zero-order chi connectivity index (χ0) is 8.97. The first-order valence-corrected chi connectivity index (χ1v) is 4.75. The highest BCUT2D eigenvalue weighted by Gasteiger charge is 2.29. The van der Waals surface area contributed by atoms with Gasteiger partial charge in [-0.15, -0.1) is 0 Å². The molecule has 1 saturated heterocycles. The second-order valence-corrected chi connectivity index (χ2v) is 3.58. The van der Waals surface area contributed by atoms with E-state index in [4.69, 9.17) is 5.11 Å². The fraction of sp³-hybridized carbons (Fsp3) is 0.800. The molecule has 12 heavy (non-hydrogen) atoms. The van der Waals surface area contributed by atoms with Crippen LogP contribution >= 0.6 is 0 Å². The average Bonchev–Trinajstić information content (AvgIpc) is 2.43. The molecule has 2 heteroatoms. The monoisotopic (exact) mass is 169 g/mol. The van der Waals surface area contributed by atoms with Gasteiger partial charge < -0.3 is 5.11 Å². The van der Waals surface area contributed by atoms with E-state index in [1.165, 1.54) is 6.42 Å². The molecule has 0 aromatic rings. The Labute approximate surface area is 74.9 Å². The molecule has 1 aliphatic rings. The predicted octanol–water partition coefficient (Wildman–Crippen LogP) is 1.27. The van der Waals surface area contributed by atoms with Crippen LogP contribution in [-0.4, -0.2) is 35.7 Å². The maximum atomic E-state index is 9.14. The molecule has 0 saturated carbocycles. The number of likely N-dealkylation sites (tertiary alicyclic amines) is 1. The summed E-state index contributed by atoms with van der Waals surface area (Å²) in [6.45, 7) is 6.69. The summed E-state index contributed by atoms with van der Waals surface area (Å²) in [5.41, 5.74) is 0. The molecular weight excluding hydrogens is 150 g/mol. The first kappa shape index (κ1) is 9.75. The van der Waals surface area contributed by atoms with Crippen molar-refractivity contribution in [3.8, 4) is 0 Å². The maximum Gasteiger partial charge on any atom is 0.0589 e. The van der Waals surface area contributed by atoms with E-state index in [9.17, 15) is 0 Å². The van der Waals surface area contributed by atoms with Crippen molar-refractivity contribution in [3.05, 3.63) is 12.2 Å². The van der Waals surface area contributed by atoms with Crippen molar-refractivity contribution in [1.29, 1.82) is 0 Å². The molecule has 0 amide bonds. The summed E-state index contributed by atoms with van der Waals surface area (Å²) in [6.07, 6.45) is 5.45.